The summed E-state index contributed by atoms with van der Waals surface area (Å²) in [6, 6.07) is 14.0. The average Bonchev–Trinajstić information content (AvgIpc) is 3.16. The topological polar surface area (TPSA) is 58.4 Å². The van der Waals surface area contributed by atoms with E-state index in [-0.39, 0.29) is 0 Å². The third kappa shape index (κ3) is 4.88. The molecule has 0 bridgehead atoms. The third-order valence-electron chi connectivity index (χ3n) is 6.09. The van der Waals surface area contributed by atoms with Crippen LogP contribution in [-0.2, 0) is 29.7 Å². The summed E-state index contributed by atoms with van der Waals surface area (Å²) >= 11 is 1.75. The molecule has 1 aliphatic heterocycles. The van der Waals surface area contributed by atoms with Crippen LogP contribution in [0.3, 0.4) is 0 Å². The van der Waals surface area contributed by atoms with E-state index in [9.17, 15) is 8.42 Å². The lowest BCUT2D eigenvalue weighted by Crippen LogP contribution is -2.35. The van der Waals surface area contributed by atoms with Crippen molar-refractivity contribution in [1.82, 2.24) is 18.8 Å². The summed E-state index contributed by atoms with van der Waals surface area (Å²) in [6.45, 7) is 5.64. The molecule has 2 heterocycles. The number of thioether (sulfide) groups is 1. The molecule has 1 aromatic heterocycles. The van der Waals surface area contributed by atoms with Crippen LogP contribution in [0, 0.1) is 0 Å². The van der Waals surface area contributed by atoms with Crippen LogP contribution in [-0.4, -0.2) is 53.6 Å². The molecule has 1 saturated heterocycles. The summed E-state index contributed by atoms with van der Waals surface area (Å²) in [5, 5.41) is 0. The van der Waals surface area contributed by atoms with Crippen LogP contribution < -0.4 is 0 Å². The minimum absolute atomic E-state index is 0.349. The van der Waals surface area contributed by atoms with Gasteiger partial charge in [0.2, 0.25) is 10.0 Å². The minimum atomic E-state index is -3.46. The number of hydrogen-bond donors (Lipinski definition) is 0. The predicted octanol–water partition coefficient (Wildman–Crippen LogP) is 4.58. The number of piperidine rings is 1. The van der Waals surface area contributed by atoms with Crippen LogP contribution in [0.1, 0.15) is 37.6 Å². The molecule has 2 aromatic carbocycles. The maximum atomic E-state index is 13.1. The molecule has 6 nitrogen and oxygen atoms in total. The zero-order valence-electron chi connectivity index (χ0n) is 19.1. The van der Waals surface area contributed by atoms with Crippen molar-refractivity contribution < 1.29 is 8.42 Å². The lowest BCUT2D eigenvalue weighted by Gasteiger charge is -2.25. The van der Waals surface area contributed by atoms with E-state index in [1.807, 2.05) is 6.07 Å². The molecule has 0 amide bonds. The van der Waals surface area contributed by atoms with Gasteiger partial charge in [-0.15, -0.1) is 11.8 Å². The fourth-order valence-corrected chi connectivity index (χ4v) is 6.33. The lowest BCUT2D eigenvalue weighted by atomic mass is 10.2. The van der Waals surface area contributed by atoms with Crippen molar-refractivity contribution in [2.75, 3.05) is 26.4 Å². The predicted molar refractivity (Wildman–Crippen MR) is 131 cm³/mol. The highest BCUT2D eigenvalue weighted by Gasteiger charge is 2.26. The van der Waals surface area contributed by atoms with Gasteiger partial charge >= 0.3 is 0 Å². The SMILES string of the molecule is CCn1c(CN(C)Cc2ccc(SC)cc2)nc2cc(S(=O)(=O)N3CCCCC3)ccc21. The molecule has 0 N–H and O–H groups in total. The van der Waals surface area contributed by atoms with E-state index in [0.29, 0.717) is 24.5 Å². The second kappa shape index (κ2) is 9.95. The molecule has 0 saturated carbocycles. The van der Waals surface area contributed by atoms with Crippen molar-refractivity contribution in [3.8, 4) is 0 Å². The Labute approximate surface area is 195 Å². The number of sulfonamides is 1. The van der Waals surface area contributed by atoms with Gasteiger partial charge in [-0.2, -0.15) is 4.31 Å². The van der Waals surface area contributed by atoms with Crippen molar-refractivity contribution in [2.24, 2.45) is 0 Å². The van der Waals surface area contributed by atoms with Crippen molar-refractivity contribution in [3.63, 3.8) is 0 Å². The Morgan fingerprint density at radius 2 is 1.75 bits per heavy atom. The molecule has 8 heteroatoms. The summed E-state index contributed by atoms with van der Waals surface area (Å²) in [4.78, 5) is 8.70. The van der Waals surface area contributed by atoms with Crippen molar-refractivity contribution in [3.05, 3.63) is 53.9 Å². The van der Waals surface area contributed by atoms with Crippen molar-refractivity contribution >= 4 is 32.8 Å². The zero-order valence-corrected chi connectivity index (χ0v) is 20.8. The molecule has 0 spiro atoms. The number of rotatable bonds is 8. The van der Waals surface area contributed by atoms with Crippen LogP contribution >= 0.6 is 11.8 Å². The van der Waals surface area contributed by atoms with E-state index in [2.05, 4.69) is 54.0 Å². The summed E-state index contributed by atoms with van der Waals surface area (Å²) in [7, 11) is -1.37. The highest BCUT2D eigenvalue weighted by Crippen LogP contribution is 2.25. The van der Waals surface area contributed by atoms with E-state index in [0.717, 1.165) is 49.2 Å². The van der Waals surface area contributed by atoms with Crippen molar-refractivity contribution in [2.45, 2.75) is 55.6 Å². The molecule has 0 radical (unpaired) electrons. The average molecular weight is 473 g/mol. The number of hydrogen-bond acceptors (Lipinski definition) is 5. The van der Waals surface area contributed by atoms with Gasteiger partial charge in [-0.25, -0.2) is 13.4 Å². The molecule has 0 aliphatic carbocycles. The number of fused-ring (bicyclic) bond motifs is 1. The van der Waals surface area contributed by atoms with Gasteiger partial charge in [-0.1, -0.05) is 18.6 Å². The molecule has 0 atom stereocenters. The largest absolute Gasteiger partial charge is 0.327 e. The number of aromatic nitrogens is 2. The number of imidazole rings is 1. The Morgan fingerprint density at radius 1 is 1.03 bits per heavy atom. The van der Waals surface area contributed by atoms with Crippen LogP contribution in [0.25, 0.3) is 11.0 Å². The first-order valence-corrected chi connectivity index (χ1v) is 13.9. The number of nitrogens with zero attached hydrogens (tertiary/aromatic N) is 4. The van der Waals surface area contributed by atoms with Crippen LogP contribution in [0.4, 0.5) is 0 Å². The standard InChI is InChI=1S/C24H32N4O2S2/c1-4-28-23-13-12-21(32(29,30)27-14-6-5-7-15-27)16-22(23)25-24(28)18-26(2)17-19-8-10-20(31-3)11-9-19/h8-13,16H,4-7,14-15,17-18H2,1-3H3. The second-order valence-electron chi connectivity index (χ2n) is 8.41. The first-order chi connectivity index (χ1) is 15.4. The normalized spacial score (nSPS) is 15.6. The summed E-state index contributed by atoms with van der Waals surface area (Å²) < 4.78 is 30.0. The third-order valence-corrected chi connectivity index (χ3v) is 8.73. The minimum Gasteiger partial charge on any atom is -0.327 e. The Morgan fingerprint density at radius 3 is 2.41 bits per heavy atom. The fraction of sp³-hybridized carbons (Fsp3) is 0.458. The number of aryl methyl sites for hydroxylation is 1. The van der Waals surface area contributed by atoms with E-state index in [1.165, 1.54) is 10.5 Å². The Kier molecular flexibility index (Phi) is 7.24. The van der Waals surface area contributed by atoms with E-state index in [4.69, 9.17) is 4.98 Å². The van der Waals surface area contributed by atoms with Crippen molar-refractivity contribution in [1.29, 1.82) is 0 Å². The van der Waals surface area contributed by atoms with E-state index < -0.39 is 10.0 Å². The molecular formula is C24H32N4O2S2. The molecular weight excluding hydrogens is 440 g/mol. The van der Waals surface area contributed by atoms with E-state index in [1.54, 1.807) is 28.2 Å². The Hall–Kier alpha value is -1.87. The molecule has 0 unspecified atom stereocenters. The maximum absolute atomic E-state index is 13.1. The van der Waals surface area contributed by atoms with E-state index >= 15 is 0 Å². The molecule has 3 aromatic rings. The number of benzene rings is 2. The summed E-state index contributed by atoms with van der Waals surface area (Å²) in [6.07, 6.45) is 5.05. The fourth-order valence-electron chi connectivity index (χ4n) is 4.39. The van der Waals surface area contributed by atoms with Gasteiger partial charge in [-0.05, 0) is 69.0 Å². The highest BCUT2D eigenvalue weighted by atomic mass is 32.2. The van der Waals surface area contributed by atoms with Gasteiger partial charge < -0.3 is 4.57 Å². The van der Waals surface area contributed by atoms with Gasteiger partial charge in [0.25, 0.3) is 0 Å². The lowest BCUT2D eigenvalue weighted by molar-refractivity contribution is 0.306. The first-order valence-electron chi connectivity index (χ1n) is 11.2. The van der Waals surface area contributed by atoms with Gasteiger partial charge in [0, 0.05) is 31.1 Å². The van der Waals surface area contributed by atoms with Gasteiger partial charge in [-0.3, -0.25) is 4.90 Å². The first kappa shape index (κ1) is 23.3. The Bertz CT molecular complexity index is 1170. The molecule has 172 valence electrons. The van der Waals surface area contributed by atoms with Gasteiger partial charge in [0.05, 0.1) is 22.5 Å². The molecule has 32 heavy (non-hydrogen) atoms. The molecule has 4 rings (SSSR count). The molecule has 1 fully saturated rings. The summed E-state index contributed by atoms with van der Waals surface area (Å²) in [5.41, 5.74) is 3.00. The van der Waals surface area contributed by atoms with Gasteiger partial charge in [0.1, 0.15) is 5.82 Å². The van der Waals surface area contributed by atoms with Crippen LogP contribution in [0.15, 0.2) is 52.3 Å². The smallest absolute Gasteiger partial charge is 0.243 e. The Balaban J connectivity index is 1.56. The quantitative estimate of drug-likeness (QED) is 0.449. The zero-order chi connectivity index (χ0) is 22.7. The van der Waals surface area contributed by atoms with Crippen LogP contribution in [0.2, 0.25) is 0 Å². The highest BCUT2D eigenvalue weighted by molar-refractivity contribution is 7.98. The van der Waals surface area contributed by atoms with Gasteiger partial charge in [0.15, 0.2) is 0 Å². The maximum Gasteiger partial charge on any atom is 0.243 e. The summed E-state index contributed by atoms with van der Waals surface area (Å²) in [5.74, 6) is 0.957. The van der Waals surface area contributed by atoms with Crippen LogP contribution in [0.5, 0.6) is 0 Å². The second-order valence-corrected chi connectivity index (χ2v) is 11.2. The molecule has 1 aliphatic rings. The monoisotopic (exact) mass is 472 g/mol.